The average molecular weight is 716 g/mol. The minimum absolute atomic E-state index is 0.127. The summed E-state index contributed by atoms with van der Waals surface area (Å²) in [5.74, 6) is 0. The first-order chi connectivity index (χ1) is 26.0. The van der Waals surface area contributed by atoms with E-state index in [0.29, 0.717) is 47.1 Å². The lowest BCUT2D eigenvalue weighted by molar-refractivity contribution is 0.580. The van der Waals surface area contributed by atoms with Crippen molar-refractivity contribution in [1.82, 2.24) is 44.5 Å². The highest BCUT2D eigenvalue weighted by atomic mass is 35.5. The van der Waals surface area contributed by atoms with Crippen molar-refractivity contribution in [3.05, 3.63) is 172 Å². The second-order valence-corrected chi connectivity index (χ2v) is 12.7. The number of rotatable bonds is 7. The van der Waals surface area contributed by atoms with E-state index in [1.165, 1.54) is 15.6 Å². The monoisotopic (exact) mass is 715 g/mol. The van der Waals surface area contributed by atoms with Crippen LogP contribution in [0.2, 0.25) is 5.02 Å². The van der Waals surface area contributed by atoms with E-state index >= 15 is 0 Å². The summed E-state index contributed by atoms with van der Waals surface area (Å²) in [5, 5.41) is 13.5. The van der Waals surface area contributed by atoms with Gasteiger partial charge >= 0.3 is 0 Å². The standard InChI is InChI=1S/C23H17N5O.C18H13ClN4O/c29-23-22-18(13-25-15-20(22)16-7-10-24-11-8-16)14-26-28(23)12-9-19-6-5-17-3-1-2-4-21(17)27-19;19-15-11-20-9-13-10-21-23(18(24)17(13)15)8-7-14-6-5-12-3-1-2-4-16(12)22-14/h1-8,10-11,13-15H,9,12H2;1-6,9-11H,7-8H2. The van der Waals surface area contributed by atoms with Gasteiger partial charge in [0.05, 0.1) is 52.3 Å². The number of hydrogen-bond acceptors (Lipinski definition) is 9. The molecule has 0 N–H and O–H groups in total. The summed E-state index contributed by atoms with van der Waals surface area (Å²) in [6, 6.07) is 27.8. The largest absolute Gasteiger partial charge is 0.276 e. The predicted molar refractivity (Wildman–Crippen MR) is 207 cm³/mol. The van der Waals surface area contributed by atoms with Gasteiger partial charge in [0.1, 0.15) is 0 Å². The van der Waals surface area contributed by atoms with Crippen LogP contribution in [0.15, 0.2) is 144 Å². The Morgan fingerprint density at radius 3 is 1.64 bits per heavy atom. The number of nitrogens with zero attached hydrogens (tertiary/aromatic N) is 9. The van der Waals surface area contributed by atoms with Crippen molar-refractivity contribution >= 4 is 55.0 Å². The number of aryl methyl sites for hydroxylation is 4. The van der Waals surface area contributed by atoms with Crippen LogP contribution in [-0.4, -0.2) is 44.5 Å². The lowest BCUT2D eigenvalue weighted by Crippen LogP contribution is -2.24. The number of pyridine rings is 5. The van der Waals surface area contributed by atoms with E-state index in [1.807, 2.05) is 78.9 Å². The van der Waals surface area contributed by atoms with Crippen LogP contribution in [0.3, 0.4) is 0 Å². The third-order valence-electron chi connectivity index (χ3n) is 8.94. The molecular weight excluding hydrogens is 686 g/mol. The number of para-hydroxylation sites is 2. The van der Waals surface area contributed by atoms with Gasteiger partial charge in [-0.15, -0.1) is 0 Å². The molecule has 0 aliphatic carbocycles. The first kappa shape index (κ1) is 33.4. The lowest BCUT2D eigenvalue weighted by atomic mass is 10.0. The Morgan fingerprint density at radius 2 is 1.04 bits per heavy atom. The quantitative estimate of drug-likeness (QED) is 0.173. The fourth-order valence-corrected chi connectivity index (χ4v) is 6.46. The topological polar surface area (TPSA) is 134 Å². The number of benzene rings is 2. The average Bonchev–Trinajstić information content (AvgIpc) is 3.20. The molecule has 258 valence electrons. The van der Waals surface area contributed by atoms with Gasteiger partial charge in [-0.2, -0.15) is 10.2 Å². The molecule has 0 saturated carbocycles. The molecule has 7 aromatic heterocycles. The van der Waals surface area contributed by atoms with Crippen LogP contribution < -0.4 is 11.1 Å². The van der Waals surface area contributed by atoms with Gasteiger partial charge in [0.25, 0.3) is 11.1 Å². The first-order valence-electron chi connectivity index (χ1n) is 16.9. The highest BCUT2D eigenvalue weighted by molar-refractivity contribution is 6.35. The van der Waals surface area contributed by atoms with Gasteiger partial charge < -0.3 is 0 Å². The fraction of sp³-hybridized carbons (Fsp3) is 0.0976. The maximum atomic E-state index is 13.2. The SMILES string of the molecule is O=c1c2c(-c3ccncc3)cncc2cnn1CCc1ccc2ccccc2n1.O=c1c2c(Cl)cncc2cnn1CCc1ccc2ccccc2n1. The van der Waals surface area contributed by atoms with Crippen molar-refractivity contribution in [3.8, 4) is 11.1 Å². The summed E-state index contributed by atoms with van der Waals surface area (Å²) in [7, 11) is 0. The smallest absolute Gasteiger partial charge is 0.267 e. The van der Waals surface area contributed by atoms with E-state index in [0.717, 1.165) is 49.7 Å². The van der Waals surface area contributed by atoms with Crippen LogP contribution >= 0.6 is 11.6 Å². The predicted octanol–water partition coefficient (Wildman–Crippen LogP) is 6.88. The fourth-order valence-electron chi connectivity index (χ4n) is 6.22. The minimum atomic E-state index is -0.208. The van der Waals surface area contributed by atoms with Crippen molar-refractivity contribution in [2.75, 3.05) is 0 Å². The number of aromatic nitrogens is 9. The molecule has 0 fully saturated rings. The van der Waals surface area contributed by atoms with Crippen LogP contribution in [-0.2, 0) is 25.9 Å². The molecule has 0 amide bonds. The summed E-state index contributed by atoms with van der Waals surface area (Å²) >= 11 is 6.10. The normalized spacial score (nSPS) is 11.2. The Balaban J connectivity index is 0.000000154. The molecule has 0 saturated heterocycles. The van der Waals surface area contributed by atoms with Gasteiger partial charge in [-0.25, -0.2) is 9.36 Å². The van der Waals surface area contributed by atoms with E-state index in [1.54, 1.807) is 43.4 Å². The molecule has 11 nitrogen and oxygen atoms in total. The Labute approximate surface area is 307 Å². The number of fused-ring (bicyclic) bond motifs is 4. The molecule has 2 aromatic carbocycles. The summed E-state index contributed by atoms with van der Waals surface area (Å²) < 4.78 is 2.93. The van der Waals surface area contributed by atoms with Crippen LogP contribution in [0, 0.1) is 0 Å². The van der Waals surface area contributed by atoms with Gasteiger partial charge in [0.2, 0.25) is 0 Å². The molecule has 0 atom stereocenters. The molecule has 7 heterocycles. The van der Waals surface area contributed by atoms with Gasteiger partial charge in [0.15, 0.2) is 0 Å². The maximum Gasteiger partial charge on any atom is 0.276 e. The number of halogens is 1. The third kappa shape index (κ3) is 7.10. The Morgan fingerprint density at radius 1 is 0.509 bits per heavy atom. The van der Waals surface area contributed by atoms with E-state index in [-0.39, 0.29) is 11.1 Å². The molecule has 0 aliphatic rings. The Hall–Kier alpha value is -6.72. The molecule has 9 aromatic rings. The van der Waals surface area contributed by atoms with Crippen LogP contribution in [0.4, 0.5) is 0 Å². The second kappa shape index (κ2) is 14.9. The van der Waals surface area contributed by atoms with E-state index < -0.39 is 0 Å². The molecule has 0 radical (unpaired) electrons. The summed E-state index contributed by atoms with van der Waals surface area (Å²) in [6.07, 6.45) is 14.4. The first-order valence-corrected chi connectivity index (χ1v) is 17.3. The van der Waals surface area contributed by atoms with E-state index in [4.69, 9.17) is 11.6 Å². The van der Waals surface area contributed by atoms with Crippen LogP contribution in [0.25, 0.3) is 54.5 Å². The third-order valence-corrected chi connectivity index (χ3v) is 9.22. The minimum Gasteiger partial charge on any atom is -0.267 e. The summed E-state index contributed by atoms with van der Waals surface area (Å²) in [4.78, 5) is 47.3. The molecule has 0 spiro atoms. The molecule has 53 heavy (non-hydrogen) atoms. The highest BCUT2D eigenvalue weighted by Gasteiger charge is 2.12. The molecule has 0 unspecified atom stereocenters. The van der Waals surface area contributed by atoms with Crippen molar-refractivity contribution in [2.45, 2.75) is 25.9 Å². The van der Waals surface area contributed by atoms with Gasteiger partial charge in [-0.1, -0.05) is 60.1 Å². The second-order valence-electron chi connectivity index (χ2n) is 12.3. The summed E-state index contributed by atoms with van der Waals surface area (Å²) in [6.45, 7) is 0.900. The molecule has 9 rings (SSSR count). The van der Waals surface area contributed by atoms with Crippen molar-refractivity contribution in [1.29, 1.82) is 0 Å². The maximum absolute atomic E-state index is 13.2. The summed E-state index contributed by atoms with van der Waals surface area (Å²) in [5.41, 5.74) is 5.11. The zero-order valence-electron chi connectivity index (χ0n) is 28.2. The molecule has 0 bridgehead atoms. The van der Waals surface area contributed by atoms with Crippen molar-refractivity contribution in [2.24, 2.45) is 0 Å². The van der Waals surface area contributed by atoms with E-state index in [2.05, 4.69) is 41.2 Å². The molecule has 0 aliphatic heterocycles. The lowest BCUT2D eigenvalue weighted by Gasteiger charge is -2.09. The van der Waals surface area contributed by atoms with Gasteiger partial charge in [0, 0.05) is 88.5 Å². The van der Waals surface area contributed by atoms with Crippen LogP contribution in [0.5, 0.6) is 0 Å². The van der Waals surface area contributed by atoms with Crippen molar-refractivity contribution in [3.63, 3.8) is 0 Å². The zero-order chi connectivity index (χ0) is 36.1. The zero-order valence-corrected chi connectivity index (χ0v) is 29.0. The highest BCUT2D eigenvalue weighted by Crippen LogP contribution is 2.24. The van der Waals surface area contributed by atoms with Crippen LogP contribution in [0.1, 0.15) is 11.4 Å². The van der Waals surface area contributed by atoms with Gasteiger partial charge in [-0.3, -0.25) is 34.5 Å². The Bertz CT molecular complexity index is 2880. The number of hydrogen-bond donors (Lipinski definition) is 0. The van der Waals surface area contributed by atoms with E-state index in [9.17, 15) is 9.59 Å². The van der Waals surface area contributed by atoms with Crippen molar-refractivity contribution < 1.29 is 0 Å². The Kier molecular flexibility index (Phi) is 9.38. The molecular formula is C41H30ClN9O2. The van der Waals surface area contributed by atoms with Gasteiger partial charge in [-0.05, 0) is 42.0 Å². The molecule has 12 heteroatoms.